The lowest BCUT2D eigenvalue weighted by Crippen LogP contribution is -2.52. The van der Waals surface area contributed by atoms with E-state index >= 15 is 0 Å². The molecule has 1 fully saturated rings. The van der Waals surface area contributed by atoms with Gasteiger partial charge in [0.15, 0.2) is 0 Å². The third-order valence-electron chi connectivity index (χ3n) is 4.17. The van der Waals surface area contributed by atoms with Gasteiger partial charge in [0.2, 0.25) is 5.91 Å². The highest BCUT2D eigenvalue weighted by Crippen LogP contribution is 2.29. The van der Waals surface area contributed by atoms with Crippen LogP contribution in [-0.4, -0.2) is 35.3 Å². The largest absolute Gasteiger partial charge is 0.340 e. The van der Waals surface area contributed by atoms with Crippen molar-refractivity contribution in [2.45, 2.75) is 52.6 Å². The number of nitrogens with one attached hydrogen (secondary N) is 1. The van der Waals surface area contributed by atoms with Gasteiger partial charge in [-0.15, -0.1) is 0 Å². The maximum absolute atomic E-state index is 13.0. The minimum Gasteiger partial charge on any atom is -0.340 e. The van der Waals surface area contributed by atoms with Gasteiger partial charge in [0.25, 0.3) is 5.91 Å². The summed E-state index contributed by atoms with van der Waals surface area (Å²) in [6, 6.07) is 6.69. The Kier molecular flexibility index (Phi) is 6.27. The normalized spacial score (nSPS) is 15.5. The lowest BCUT2D eigenvalue weighted by atomic mass is 10.0. The number of rotatable bonds is 7. The molecule has 4 nitrogen and oxygen atoms in total. The van der Waals surface area contributed by atoms with Crippen molar-refractivity contribution in [1.29, 1.82) is 0 Å². The molecule has 0 radical (unpaired) electrons. The first kappa shape index (κ1) is 18.8. The van der Waals surface area contributed by atoms with Gasteiger partial charge in [0.1, 0.15) is 6.04 Å². The van der Waals surface area contributed by atoms with E-state index in [0.29, 0.717) is 22.5 Å². The van der Waals surface area contributed by atoms with Gasteiger partial charge in [-0.25, -0.2) is 0 Å². The molecule has 1 atom stereocenters. The van der Waals surface area contributed by atoms with Crippen LogP contribution in [0.2, 0.25) is 5.02 Å². The van der Waals surface area contributed by atoms with E-state index in [4.69, 9.17) is 11.6 Å². The van der Waals surface area contributed by atoms with Crippen LogP contribution in [-0.2, 0) is 4.79 Å². The highest BCUT2D eigenvalue weighted by molar-refractivity contribution is 6.33. The standard InChI is InChI=1S/C19H27ClN2O2/c1-12(2)11-22(14-9-10-14)19(24)17(13(3)4)21-18(23)15-7-5-6-8-16(15)20/h5-8,12-14,17H,9-11H2,1-4H3,(H,21,23). The average Bonchev–Trinajstić information content (AvgIpc) is 3.34. The van der Waals surface area contributed by atoms with E-state index in [9.17, 15) is 9.59 Å². The molecule has 0 spiro atoms. The molecule has 0 heterocycles. The first-order valence-corrected chi connectivity index (χ1v) is 9.05. The highest BCUT2D eigenvalue weighted by atomic mass is 35.5. The van der Waals surface area contributed by atoms with Crippen LogP contribution in [0, 0.1) is 11.8 Å². The van der Waals surface area contributed by atoms with E-state index in [-0.39, 0.29) is 17.7 Å². The van der Waals surface area contributed by atoms with Crippen molar-refractivity contribution in [3.05, 3.63) is 34.9 Å². The topological polar surface area (TPSA) is 49.4 Å². The van der Waals surface area contributed by atoms with Crippen molar-refractivity contribution in [2.75, 3.05) is 6.54 Å². The number of amides is 2. The predicted molar refractivity (Wildman–Crippen MR) is 97.1 cm³/mol. The fraction of sp³-hybridized carbons (Fsp3) is 0.579. The van der Waals surface area contributed by atoms with Gasteiger partial charge in [-0.1, -0.05) is 51.4 Å². The number of benzene rings is 1. The first-order chi connectivity index (χ1) is 11.3. The van der Waals surface area contributed by atoms with Gasteiger partial charge in [-0.05, 0) is 36.8 Å². The Morgan fingerprint density at radius 3 is 2.33 bits per heavy atom. The Labute approximate surface area is 149 Å². The molecule has 2 rings (SSSR count). The van der Waals surface area contributed by atoms with Crippen LogP contribution in [0.4, 0.5) is 0 Å². The summed E-state index contributed by atoms with van der Waals surface area (Å²) in [5.41, 5.74) is 0.402. The van der Waals surface area contributed by atoms with Crippen LogP contribution in [0.25, 0.3) is 0 Å². The maximum Gasteiger partial charge on any atom is 0.253 e. The molecule has 0 aliphatic heterocycles. The zero-order valence-corrected chi connectivity index (χ0v) is 15.6. The van der Waals surface area contributed by atoms with Crippen LogP contribution in [0.1, 0.15) is 50.9 Å². The van der Waals surface area contributed by atoms with Crippen LogP contribution < -0.4 is 5.32 Å². The summed E-state index contributed by atoms with van der Waals surface area (Å²) in [4.78, 5) is 27.5. The summed E-state index contributed by atoms with van der Waals surface area (Å²) in [7, 11) is 0. The molecule has 2 amide bonds. The molecular formula is C19H27ClN2O2. The Morgan fingerprint density at radius 2 is 1.83 bits per heavy atom. The van der Waals surface area contributed by atoms with Crippen molar-refractivity contribution in [1.82, 2.24) is 10.2 Å². The number of carbonyl (C=O) groups excluding carboxylic acids is 2. The molecule has 132 valence electrons. The van der Waals surface area contributed by atoms with Gasteiger partial charge < -0.3 is 10.2 Å². The lowest BCUT2D eigenvalue weighted by Gasteiger charge is -2.31. The predicted octanol–water partition coefficient (Wildman–Crippen LogP) is 3.74. The molecule has 0 bridgehead atoms. The monoisotopic (exact) mass is 350 g/mol. The number of hydrogen-bond donors (Lipinski definition) is 1. The van der Waals surface area contributed by atoms with Crippen molar-refractivity contribution in [3.63, 3.8) is 0 Å². The smallest absolute Gasteiger partial charge is 0.253 e. The van der Waals surface area contributed by atoms with Gasteiger partial charge in [-0.3, -0.25) is 9.59 Å². The van der Waals surface area contributed by atoms with Crippen molar-refractivity contribution >= 4 is 23.4 Å². The third kappa shape index (κ3) is 4.73. The van der Waals surface area contributed by atoms with E-state index < -0.39 is 6.04 Å². The Bertz CT molecular complexity index is 597. The Morgan fingerprint density at radius 1 is 1.21 bits per heavy atom. The number of halogens is 1. The number of carbonyl (C=O) groups is 2. The number of hydrogen-bond acceptors (Lipinski definition) is 2. The molecule has 1 aliphatic rings. The average molecular weight is 351 g/mol. The SMILES string of the molecule is CC(C)CN(C(=O)C(NC(=O)c1ccccc1Cl)C(C)C)C1CC1. The van der Waals surface area contributed by atoms with Crippen LogP contribution in [0.5, 0.6) is 0 Å². The maximum atomic E-state index is 13.0. The molecule has 0 aromatic heterocycles. The Balaban J connectivity index is 2.15. The van der Waals surface area contributed by atoms with Crippen LogP contribution in [0.15, 0.2) is 24.3 Å². The molecule has 0 saturated heterocycles. The van der Waals surface area contributed by atoms with Gasteiger partial charge >= 0.3 is 0 Å². The van der Waals surface area contributed by atoms with Crippen LogP contribution in [0.3, 0.4) is 0 Å². The molecule has 5 heteroatoms. The molecular weight excluding hydrogens is 324 g/mol. The molecule has 1 N–H and O–H groups in total. The van der Waals surface area contributed by atoms with Crippen molar-refractivity contribution in [3.8, 4) is 0 Å². The quantitative estimate of drug-likeness (QED) is 0.814. The third-order valence-corrected chi connectivity index (χ3v) is 4.50. The van der Waals surface area contributed by atoms with E-state index in [0.717, 1.165) is 19.4 Å². The summed E-state index contributed by atoms with van der Waals surface area (Å²) < 4.78 is 0. The molecule has 1 aromatic rings. The van der Waals surface area contributed by atoms with E-state index in [2.05, 4.69) is 19.2 Å². The van der Waals surface area contributed by atoms with Gasteiger partial charge in [-0.2, -0.15) is 0 Å². The fourth-order valence-electron chi connectivity index (χ4n) is 2.76. The molecule has 1 unspecified atom stereocenters. The summed E-state index contributed by atoms with van der Waals surface area (Å²) in [6.45, 7) is 8.85. The van der Waals surface area contributed by atoms with Crippen molar-refractivity contribution < 1.29 is 9.59 Å². The highest BCUT2D eigenvalue weighted by Gasteiger charge is 2.37. The van der Waals surface area contributed by atoms with E-state index in [1.165, 1.54) is 0 Å². The van der Waals surface area contributed by atoms with Crippen LogP contribution >= 0.6 is 11.6 Å². The summed E-state index contributed by atoms with van der Waals surface area (Å²) >= 11 is 6.10. The second-order valence-electron chi connectivity index (χ2n) is 7.29. The van der Waals surface area contributed by atoms with Crippen molar-refractivity contribution in [2.24, 2.45) is 11.8 Å². The second kappa shape index (κ2) is 8.02. The summed E-state index contributed by atoms with van der Waals surface area (Å²) in [5, 5.41) is 3.29. The fourth-order valence-corrected chi connectivity index (χ4v) is 2.98. The van der Waals surface area contributed by atoms with Gasteiger partial charge in [0, 0.05) is 12.6 Å². The summed E-state index contributed by atoms with van der Waals surface area (Å²) in [6.07, 6.45) is 2.11. The Hall–Kier alpha value is -1.55. The second-order valence-corrected chi connectivity index (χ2v) is 7.70. The molecule has 1 saturated carbocycles. The lowest BCUT2D eigenvalue weighted by molar-refractivity contribution is -0.135. The summed E-state index contributed by atoms with van der Waals surface area (Å²) in [5.74, 6) is 0.133. The molecule has 24 heavy (non-hydrogen) atoms. The minimum atomic E-state index is -0.534. The molecule has 1 aromatic carbocycles. The van der Waals surface area contributed by atoms with Gasteiger partial charge in [0.05, 0.1) is 10.6 Å². The number of nitrogens with zero attached hydrogens (tertiary/aromatic N) is 1. The minimum absolute atomic E-state index is 0.0114. The first-order valence-electron chi connectivity index (χ1n) is 8.67. The van der Waals surface area contributed by atoms with E-state index in [1.54, 1.807) is 24.3 Å². The molecule has 1 aliphatic carbocycles. The van der Waals surface area contributed by atoms with E-state index in [1.807, 2.05) is 18.7 Å². The zero-order chi connectivity index (χ0) is 17.9. The zero-order valence-electron chi connectivity index (χ0n) is 14.9.